The molecule has 22 heavy (non-hydrogen) atoms. The fraction of sp³-hybridized carbons (Fsp3) is 0.400. The maximum absolute atomic E-state index is 11.8. The van der Waals surface area contributed by atoms with E-state index in [1.807, 2.05) is 35.8 Å². The molecular formula is C15H21N5O2. The van der Waals surface area contributed by atoms with Crippen LogP contribution >= 0.6 is 0 Å². The third-order valence-electron chi connectivity index (χ3n) is 3.13. The van der Waals surface area contributed by atoms with Crippen molar-refractivity contribution in [2.24, 2.45) is 0 Å². The van der Waals surface area contributed by atoms with E-state index in [9.17, 15) is 4.79 Å². The molecule has 1 aromatic heterocycles. The molecule has 2 rings (SSSR count). The smallest absolute Gasteiger partial charge is 0.238 e. The average molecular weight is 303 g/mol. The Morgan fingerprint density at radius 2 is 2.27 bits per heavy atom. The maximum Gasteiger partial charge on any atom is 0.238 e. The van der Waals surface area contributed by atoms with Crippen molar-refractivity contribution in [2.75, 3.05) is 32.1 Å². The topological polar surface area (TPSA) is 81.1 Å². The quantitative estimate of drug-likeness (QED) is 0.715. The van der Waals surface area contributed by atoms with Crippen molar-refractivity contribution >= 4 is 11.6 Å². The Labute approximate surface area is 129 Å². The number of methoxy groups -OCH3 is 1. The first kappa shape index (κ1) is 16.1. The maximum atomic E-state index is 11.8. The van der Waals surface area contributed by atoms with Crippen molar-refractivity contribution in [1.29, 1.82) is 0 Å². The van der Waals surface area contributed by atoms with Gasteiger partial charge in [0.05, 0.1) is 13.2 Å². The third-order valence-corrected chi connectivity index (χ3v) is 3.13. The zero-order chi connectivity index (χ0) is 15.8. The minimum absolute atomic E-state index is 0.0924. The number of rotatable bonds is 8. The lowest BCUT2D eigenvalue weighted by atomic mass is 10.2. The number of aromatic nitrogens is 3. The summed E-state index contributed by atoms with van der Waals surface area (Å²) in [6.45, 7) is 4.30. The van der Waals surface area contributed by atoms with Crippen LogP contribution in [0.15, 0.2) is 30.6 Å². The number of nitrogens with one attached hydrogen (secondary N) is 2. The van der Waals surface area contributed by atoms with Crippen molar-refractivity contribution in [2.45, 2.75) is 13.5 Å². The number of nitrogens with zero attached hydrogens (tertiary/aromatic N) is 3. The lowest BCUT2D eigenvalue weighted by molar-refractivity contribution is -0.115. The van der Waals surface area contributed by atoms with E-state index >= 15 is 0 Å². The molecule has 1 aromatic carbocycles. The van der Waals surface area contributed by atoms with E-state index in [0.717, 1.165) is 23.6 Å². The first-order valence-corrected chi connectivity index (χ1v) is 7.22. The zero-order valence-corrected chi connectivity index (χ0v) is 12.9. The Bertz CT molecular complexity index is 611. The molecule has 0 unspecified atom stereocenters. The van der Waals surface area contributed by atoms with Crippen LogP contribution in [0.3, 0.4) is 0 Å². The van der Waals surface area contributed by atoms with E-state index in [0.29, 0.717) is 13.2 Å². The molecule has 0 bridgehead atoms. The van der Waals surface area contributed by atoms with Crippen LogP contribution in [0.25, 0.3) is 11.4 Å². The van der Waals surface area contributed by atoms with E-state index in [1.54, 1.807) is 13.4 Å². The van der Waals surface area contributed by atoms with Crippen LogP contribution in [0.5, 0.6) is 0 Å². The van der Waals surface area contributed by atoms with E-state index in [4.69, 9.17) is 4.74 Å². The number of hydrogen-bond donors (Lipinski definition) is 2. The summed E-state index contributed by atoms with van der Waals surface area (Å²) >= 11 is 0. The van der Waals surface area contributed by atoms with Gasteiger partial charge in [0.25, 0.3) is 0 Å². The number of carbonyl (C=O) groups is 1. The summed E-state index contributed by atoms with van der Waals surface area (Å²) in [4.78, 5) is 11.8. The minimum atomic E-state index is -0.0924. The van der Waals surface area contributed by atoms with Crippen molar-refractivity contribution in [3.8, 4) is 11.4 Å². The number of benzene rings is 1. The number of amides is 1. The number of ether oxygens (including phenoxy) is 1. The molecule has 0 saturated carbocycles. The van der Waals surface area contributed by atoms with Gasteiger partial charge in [-0.3, -0.25) is 4.79 Å². The Balaban J connectivity index is 1.98. The SMILES string of the molecule is CCn1cnnc1-c1cccc(NC(=O)CNCCOC)c1. The molecule has 0 aliphatic carbocycles. The van der Waals surface area contributed by atoms with Gasteiger partial charge in [-0.15, -0.1) is 10.2 Å². The van der Waals surface area contributed by atoms with Gasteiger partial charge in [-0.1, -0.05) is 12.1 Å². The molecule has 0 radical (unpaired) electrons. The fourth-order valence-electron chi connectivity index (χ4n) is 2.03. The van der Waals surface area contributed by atoms with Crippen molar-refractivity contribution < 1.29 is 9.53 Å². The van der Waals surface area contributed by atoms with E-state index in [1.165, 1.54) is 0 Å². The highest BCUT2D eigenvalue weighted by atomic mass is 16.5. The highest BCUT2D eigenvalue weighted by molar-refractivity contribution is 5.92. The van der Waals surface area contributed by atoms with E-state index < -0.39 is 0 Å². The second-order valence-corrected chi connectivity index (χ2v) is 4.74. The first-order valence-electron chi connectivity index (χ1n) is 7.22. The van der Waals surface area contributed by atoms with Crippen LogP contribution in [0, 0.1) is 0 Å². The largest absolute Gasteiger partial charge is 0.383 e. The summed E-state index contributed by atoms with van der Waals surface area (Å²) in [6, 6.07) is 7.58. The Hall–Kier alpha value is -2.25. The summed E-state index contributed by atoms with van der Waals surface area (Å²) in [6.07, 6.45) is 1.69. The number of carbonyl (C=O) groups excluding carboxylic acids is 1. The number of anilines is 1. The van der Waals surface area contributed by atoms with Crippen LogP contribution < -0.4 is 10.6 Å². The Morgan fingerprint density at radius 3 is 3.05 bits per heavy atom. The van der Waals surface area contributed by atoms with Crippen LogP contribution in [0.2, 0.25) is 0 Å². The third kappa shape index (κ3) is 4.37. The summed E-state index contributed by atoms with van der Waals surface area (Å²) in [7, 11) is 1.63. The molecule has 7 nitrogen and oxygen atoms in total. The second kappa shape index (κ2) is 8.26. The highest BCUT2D eigenvalue weighted by Crippen LogP contribution is 2.20. The van der Waals surface area contributed by atoms with E-state index in [2.05, 4.69) is 20.8 Å². The summed E-state index contributed by atoms with van der Waals surface area (Å²) in [5.41, 5.74) is 1.66. The van der Waals surface area contributed by atoms with Gasteiger partial charge >= 0.3 is 0 Å². The molecule has 2 N–H and O–H groups in total. The standard InChI is InChI=1S/C15H21N5O2/c1-3-20-11-17-19-15(20)12-5-4-6-13(9-12)18-14(21)10-16-7-8-22-2/h4-6,9,11,16H,3,7-8,10H2,1-2H3,(H,18,21). The molecule has 118 valence electrons. The summed E-state index contributed by atoms with van der Waals surface area (Å²) < 4.78 is 6.86. The van der Waals surface area contributed by atoms with Gasteiger partial charge in [0, 0.05) is 31.5 Å². The molecule has 0 spiro atoms. The molecule has 0 aliphatic rings. The zero-order valence-electron chi connectivity index (χ0n) is 12.9. The molecule has 0 aliphatic heterocycles. The normalized spacial score (nSPS) is 10.6. The van der Waals surface area contributed by atoms with Crippen LogP contribution in [0.4, 0.5) is 5.69 Å². The lowest BCUT2D eigenvalue weighted by Gasteiger charge is -2.08. The van der Waals surface area contributed by atoms with Gasteiger partial charge in [0.15, 0.2) is 5.82 Å². The van der Waals surface area contributed by atoms with E-state index in [-0.39, 0.29) is 12.5 Å². The van der Waals surface area contributed by atoms with Gasteiger partial charge < -0.3 is 19.9 Å². The molecular weight excluding hydrogens is 282 g/mol. The summed E-state index contributed by atoms with van der Waals surface area (Å²) in [5, 5.41) is 13.9. The monoisotopic (exact) mass is 303 g/mol. The molecule has 0 saturated heterocycles. The van der Waals surface area contributed by atoms with Crippen molar-refractivity contribution in [1.82, 2.24) is 20.1 Å². The molecule has 0 atom stereocenters. The molecule has 1 heterocycles. The summed E-state index contributed by atoms with van der Waals surface area (Å²) in [5.74, 6) is 0.696. The minimum Gasteiger partial charge on any atom is -0.383 e. The van der Waals surface area contributed by atoms with Crippen molar-refractivity contribution in [3.63, 3.8) is 0 Å². The predicted octanol–water partition coefficient (Wildman–Crippen LogP) is 1.14. The lowest BCUT2D eigenvalue weighted by Crippen LogP contribution is -2.30. The highest BCUT2D eigenvalue weighted by Gasteiger charge is 2.08. The van der Waals surface area contributed by atoms with Gasteiger partial charge in [-0.05, 0) is 19.1 Å². The van der Waals surface area contributed by atoms with Gasteiger partial charge in [0.1, 0.15) is 6.33 Å². The second-order valence-electron chi connectivity index (χ2n) is 4.74. The molecule has 0 fully saturated rings. The van der Waals surface area contributed by atoms with Crippen molar-refractivity contribution in [3.05, 3.63) is 30.6 Å². The van der Waals surface area contributed by atoms with Crippen LogP contribution in [-0.2, 0) is 16.1 Å². The fourth-order valence-corrected chi connectivity index (χ4v) is 2.03. The molecule has 1 amide bonds. The predicted molar refractivity (Wildman–Crippen MR) is 84.5 cm³/mol. The Morgan fingerprint density at radius 1 is 1.41 bits per heavy atom. The van der Waals surface area contributed by atoms with Crippen LogP contribution in [0.1, 0.15) is 6.92 Å². The van der Waals surface area contributed by atoms with Gasteiger partial charge in [0.2, 0.25) is 5.91 Å². The Kier molecular flexibility index (Phi) is 6.05. The number of aryl methyl sites for hydroxylation is 1. The number of hydrogen-bond acceptors (Lipinski definition) is 5. The first-order chi connectivity index (χ1) is 10.7. The average Bonchev–Trinajstić information content (AvgIpc) is 3.00. The van der Waals surface area contributed by atoms with Crippen LogP contribution in [-0.4, -0.2) is 47.5 Å². The molecule has 7 heteroatoms. The van der Waals surface area contributed by atoms with Gasteiger partial charge in [-0.25, -0.2) is 0 Å². The molecule has 2 aromatic rings. The van der Waals surface area contributed by atoms with Gasteiger partial charge in [-0.2, -0.15) is 0 Å².